The van der Waals surface area contributed by atoms with Gasteiger partial charge >= 0.3 is 6.03 Å². The predicted octanol–water partition coefficient (Wildman–Crippen LogP) is 3.11. The molecule has 1 aliphatic heterocycles. The largest absolute Gasteiger partial charge is 0.349 e. The van der Waals surface area contributed by atoms with E-state index in [0.29, 0.717) is 12.8 Å². The number of rotatable bonds is 3. The smallest absolute Gasteiger partial charge is 0.325 e. The molecule has 5 aliphatic carbocycles. The van der Waals surface area contributed by atoms with E-state index in [9.17, 15) is 14.4 Å². The third-order valence-electron chi connectivity index (χ3n) is 8.20. The molecule has 1 saturated heterocycles. The zero-order valence-corrected chi connectivity index (χ0v) is 16.8. The molecule has 0 aromatic rings. The Labute approximate surface area is 167 Å². The first kappa shape index (κ1) is 18.4. The monoisotopic (exact) mass is 387 g/mol. The molecule has 0 aromatic carbocycles. The molecular formula is C22H33N3O3. The van der Waals surface area contributed by atoms with E-state index in [1.165, 1.54) is 30.6 Å². The first-order valence-electron chi connectivity index (χ1n) is 11.4. The molecule has 6 rings (SSSR count). The Bertz CT molecular complexity index is 645. The lowest BCUT2D eigenvalue weighted by Crippen LogP contribution is -2.61. The van der Waals surface area contributed by atoms with E-state index in [0.717, 1.165) is 62.7 Å². The first-order chi connectivity index (χ1) is 13.5. The van der Waals surface area contributed by atoms with Gasteiger partial charge in [-0.15, -0.1) is 0 Å². The minimum atomic E-state index is -0.765. The van der Waals surface area contributed by atoms with Crippen LogP contribution < -0.4 is 10.6 Å². The van der Waals surface area contributed by atoms with Gasteiger partial charge in [-0.25, -0.2) is 4.79 Å². The van der Waals surface area contributed by atoms with Crippen LogP contribution in [-0.4, -0.2) is 40.4 Å². The van der Waals surface area contributed by atoms with Crippen molar-refractivity contribution in [3.63, 3.8) is 0 Å². The summed E-state index contributed by atoms with van der Waals surface area (Å²) in [5.74, 6) is 1.91. The molecule has 6 heteroatoms. The van der Waals surface area contributed by atoms with E-state index in [1.54, 1.807) is 0 Å². The maximum atomic E-state index is 13.1. The number of hydrogen-bond donors (Lipinski definition) is 2. The second kappa shape index (κ2) is 6.74. The Morgan fingerprint density at radius 1 is 0.929 bits per heavy atom. The minimum Gasteiger partial charge on any atom is -0.349 e. The van der Waals surface area contributed by atoms with Gasteiger partial charge in [-0.1, -0.05) is 32.1 Å². The second-order valence-electron chi connectivity index (χ2n) is 10.4. The summed E-state index contributed by atoms with van der Waals surface area (Å²) in [6.45, 7) is -0.131. The number of hydrogen-bond acceptors (Lipinski definition) is 3. The Morgan fingerprint density at radius 2 is 1.46 bits per heavy atom. The average Bonchev–Trinajstić information content (AvgIpc) is 2.81. The van der Waals surface area contributed by atoms with Gasteiger partial charge in [0.2, 0.25) is 5.91 Å². The molecule has 6 fully saturated rings. The minimum absolute atomic E-state index is 0.0804. The number of imide groups is 1. The van der Waals surface area contributed by atoms with Crippen LogP contribution in [0.3, 0.4) is 0 Å². The highest BCUT2D eigenvalue weighted by Crippen LogP contribution is 2.55. The van der Waals surface area contributed by atoms with E-state index in [4.69, 9.17) is 0 Å². The molecule has 1 spiro atoms. The second-order valence-corrected chi connectivity index (χ2v) is 10.4. The molecule has 4 amide bonds. The highest BCUT2D eigenvalue weighted by molar-refractivity contribution is 6.09. The third-order valence-corrected chi connectivity index (χ3v) is 8.20. The zero-order valence-electron chi connectivity index (χ0n) is 16.8. The van der Waals surface area contributed by atoms with Gasteiger partial charge in [-0.2, -0.15) is 0 Å². The van der Waals surface area contributed by atoms with Gasteiger partial charge in [-0.05, 0) is 69.1 Å². The van der Waals surface area contributed by atoms with Crippen molar-refractivity contribution in [3.05, 3.63) is 0 Å². The first-order valence-corrected chi connectivity index (χ1v) is 11.4. The van der Waals surface area contributed by atoms with Crippen molar-refractivity contribution in [2.45, 2.75) is 94.5 Å². The van der Waals surface area contributed by atoms with Crippen LogP contribution in [0.15, 0.2) is 0 Å². The highest BCUT2D eigenvalue weighted by atomic mass is 16.2. The van der Waals surface area contributed by atoms with Crippen molar-refractivity contribution in [2.24, 2.45) is 17.8 Å². The molecule has 4 bridgehead atoms. The van der Waals surface area contributed by atoms with Crippen molar-refractivity contribution in [1.29, 1.82) is 0 Å². The van der Waals surface area contributed by atoms with Crippen LogP contribution in [0.25, 0.3) is 0 Å². The Hall–Kier alpha value is -1.59. The molecule has 2 N–H and O–H groups in total. The standard InChI is InChI=1S/C22H33N3O3/c26-18(23-21-11-15-8-16(12-21)10-17(9-15)13-21)14-25-19(27)22(24-20(25)28)6-4-2-1-3-5-7-22/h15-17H,1-14H2,(H,23,26)(H,24,28). The zero-order chi connectivity index (χ0) is 19.4. The molecule has 6 aliphatic rings. The van der Waals surface area contributed by atoms with Crippen molar-refractivity contribution < 1.29 is 14.4 Å². The van der Waals surface area contributed by atoms with Crippen LogP contribution in [-0.2, 0) is 9.59 Å². The van der Waals surface area contributed by atoms with Crippen molar-refractivity contribution >= 4 is 17.8 Å². The van der Waals surface area contributed by atoms with Gasteiger partial charge in [-0.3, -0.25) is 14.5 Å². The molecular weight excluding hydrogens is 354 g/mol. The number of urea groups is 1. The van der Waals surface area contributed by atoms with Crippen LogP contribution >= 0.6 is 0 Å². The average molecular weight is 388 g/mol. The summed E-state index contributed by atoms with van der Waals surface area (Å²) in [4.78, 5) is 39.8. The molecule has 154 valence electrons. The van der Waals surface area contributed by atoms with Gasteiger partial charge < -0.3 is 10.6 Å². The third kappa shape index (κ3) is 3.13. The molecule has 5 saturated carbocycles. The summed E-state index contributed by atoms with van der Waals surface area (Å²) < 4.78 is 0. The Balaban J connectivity index is 1.25. The molecule has 0 aromatic heterocycles. The van der Waals surface area contributed by atoms with Crippen LogP contribution in [0.2, 0.25) is 0 Å². The fourth-order valence-corrected chi connectivity index (χ4v) is 7.41. The van der Waals surface area contributed by atoms with E-state index in [-0.39, 0.29) is 29.9 Å². The summed E-state index contributed by atoms with van der Waals surface area (Å²) in [7, 11) is 0. The van der Waals surface area contributed by atoms with Gasteiger partial charge in [0, 0.05) is 5.54 Å². The lowest BCUT2D eigenvalue weighted by molar-refractivity contribution is -0.137. The molecule has 28 heavy (non-hydrogen) atoms. The normalized spacial score (nSPS) is 39.0. The van der Waals surface area contributed by atoms with Crippen molar-refractivity contribution in [3.8, 4) is 0 Å². The van der Waals surface area contributed by atoms with Gasteiger partial charge in [0.15, 0.2) is 0 Å². The van der Waals surface area contributed by atoms with E-state index in [2.05, 4.69) is 10.6 Å². The van der Waals surface area contributed by atoms with E-state index in [1.807, 2.05) is 0 Å². The molecule has 0 radical (unpaired) electrons. The fourth-order valence-electron chi connectivity index (χ4n) is 7.41. The lowest BCUT2D eigenvalue weighted by atomic mass is 9.53. The van der Waals surface area contributed by atoms with Crippen molar-refractivity contribution in [2.75, 3.05) is 6.54 Å². The summed E-state index contributed by atoms with van der Waals surface area (Å²) >= 11 is 0. The maximum Gasteiger partial charge on any atom is 0.325 e. The van der Waals surface area contributed by atoms with Gasteiger partial charge in [0.25, 0.3) is 5.91 Å². The Kier molecular flexibility index (Phi) is 4.44. The fraction of sp³-hybridized carbons (Fsp3) is 0.864. The van der Waals surface area contributed by atoms with Crippen LogP contribution in [0, 0.1) is 17.8 Å². The maximum absolute atomic E-state index is 13.1. The van der Waals surface area contributed by atoms with Crippen LogP contribution in [0.1, 0.15) is 83.5 Å². The van der Waals surface area contributed by atoms with E-state index >= 15 is 0 Å². The molecule has 1 heterocycles. The van der Waals surface area contributed by atoms with Crippen molar-refractivity contribution in [1.82, 2.24) is 15.5 Å². The quantitative estimate of drug-likeness (QED) is 0.731. The number of nitrogens with zero attached hydrogens (tertiary/aromatic N) is 1. The summed E-state index contributed by atoms with van der Waals surface area (Å²) in [5, 5.41) is 6.25. The summed E-state index contributed by atoms with van der Waals surface area (Å²) in [6.07, 6.45) is 13.9. The number of amides is 4. The van der Waals surface area contributed by atoms with Gasteiger partial charge in [0.05, 0.1) is 0 Å². The molecule has 0 atom stereocenters. The highest BCUT2D eigenvalue weighted by Gasteiger charge is 2.53. The van der Waals surface area contributed by atoms with E-state index < -0.39 is 5.54 Å². The van der Waals surface area contributed by atoms with Crippen LogP contribution in [0.5, 0.6) is 0 Å². The molecule has 6 nitrogen and oxygen atoms in total. The summed E-state index contributed by atoms with van der Waals surface area (Å²) in [5.41, 5.74) is -0.846. The number of carbonyl (C=O) groups is 3. The van der Waals surface area contributed by atoms with Crippen LogP contribution in [0.4, 0.5) is 4.79 Å². The topological polar surface area (TPSA) is 78.5 Å². The lowest BCUT2D eigenvalue weighted by Gasteiger charge is -2.56. The SMILES string of the molecule is O=C(CN1C(=O)NC2(CCCCCCC2)C1=O)NC12CC3CC(CC(C3)C1)C2. The Morgan fingerprint density at radius 3 is 2.04 bits per heavy atom. The molecule has 0 unspecified atom stereocenters. The predicted molar refractivity (Wildman–Crippen MR) is 104 cm³/mol. The number of nitrogens with one attached hydrogen (secondary N) is 2. The number of carbonyl (C=O) groups excluding carboxylic acids is 3. The summed E-state index contributed by atoms with van der Waals surface area (Å²) in [6, 6.07) is -0.383. The van der Waals surface area contributed by atoms with Gasteiger partial charge in [0.1, 0.15) is 12.1 Å².